The molecular weight excluding hydrogens is 495 g/mol. The molecule has 34 heavy (non-hydrogen) atoms. The van der Waals surface area contributed by atoms with E-state index in [0.717, 1.165) is 23.7 Å². The van der Waals surface area contributed by atoms with E-state index in [0.29, 0.717) is 27.0 Å². The van der Waals surface area contributed by atoms with Crippen LogP contribution in [-0.4, -0.2) is 27.9 Å². The van der Waals surface area contributed by atoms with Gasteiger partial charge in [-0.05, 0) is 60.4 Å². The number of hydrogen-bond donors (Lipinski definition) is 3. The molecule has 3 rings (SSSR count). The van der Waals surface area contributed by atoms with Gasteiger partial charge in [0.2, 0.25) is 0 Å². The number of halogens is 4. The number of carbonyl (C=O) groups is 2. The van der Waals surface area contributed by atoms with Crippen LogP contribution in [-0.2, 0) is 15.8 Å². The zero-order valence-electron chi connectivity index (χ0n) is 17.4. The van der Waals surface area contributed by atoms with Gasteiger partial charge in [-0.2, -0.15) is 17.5 Å². The van der Waals surface area contributed by atoms with Crippen LogP contribution in [0.15, 0.2) is 54.7 Å². The van der Waals surface area contributed by atoms with Crippen molar-refractivity contribution in [2.75, 3.05) is 11.9 Å². The maximum atomic E-state index is 12.9. The smallest absolute Gasteiger partial charge is 0.416 e. The monoisotopic (exact) mass is 511 g/mol. The van der Waals surface area contributed by atoms with E-state index in [1.165, 1.54) is 30.5 Å². The molecule has 0 unspecified atom stereocenters. The fourth-order valence-corrected chi connectivity index (χ4v) is 3.61. The summed E-state index contributed by atoms with van der Waals surface area (Å²) in [5.41, 5.74) is 0.305. The van der Waals surface area contributed by atoms with Gasteiger partial charge in [-0.25, -0.2) is 0 Å². The molecule has 0 spiro atoms. The maximum Gasteiger partial charge on any atom is 0.416 e. The van der Waals surface area contributed by atoms with E-state index in [4.69, 9.17) is 21.4 Å². The maximum absolute atomic E-state index is 12.9. The van der Waals surface area contributed by atoms with E-state index in [1.54, 1.807) is 19.1 Å². The SMILES string of the molecule is Cc1nsc(NC(=O)/C(=C\NCC(=O)O)c2ccc(Oc3ccc(C(F)(F)F)cc3)cc2)c1Cl. The number of amides is 1. The third kappa shape index (κ3) is 6.49. The van der Waals surface area contributed by atoms with Gasteiger partial charge in [0.25, 0.3) is 5.91 Å². The average molecular weight is 512 g/mol. The van der Waals surface area contributed by atoms with Gasteiger partial charge >= 0.3 is 12.1 Å². The third-order valence-corrected chi connectivity index (χ3v) is 5.77. The Morgan fingerprint density at radius 3 is 2.21 bits per heavy atom. The highest BCUT2D eigenvalue weighted by atomic mass is 35.5. The van der Waals surface area contributed by atoms with Crippen LogP contribution in [0.1, 0.15) is 16.8 Å². The summed E-state index contributed by atoms with van der Waals surface area (Å²) in [5.74, 6) is -1.15. The van der Waals surface area contributed by atoms with E-state index in [-0.39, 0.29) is 11.3 Å². The molecule has 1 aromatic heterocycles. The van der Waals surface area contributed by atoms with E-state index in [1.807, 2.05) is 0 Å². The number of aryl methyl sites for hydroxylation is 1. The Bertz CT molecular complexity index is 1210. The number of nitrogens with zero attached hydrogens (tertiary/aromatic N) is 1. The number of carbonyl (C=O) groups excluding carboxylic acids is 1. The van der Waals surface area contributed by atoms with Crippen molar-refractivity contribution in [2.24, 2.45) is 0 Å². The molecule has 2 aromatic carbocycles. The molecule has 1 heterocycles. The van der Waals surface area contributed by atoms with Crippen molar-refractivity contribution in [2.45, 2.75) is 13.1 Å². The van der Waals surface area contributed by atoms with Crippen molar-refractivity contribution in [3.63, 3.8) is 0 Å². The summed E-state index contributed by atoms with van der Waals surface area (Å²) < 4.78 is 47.7. The summed E-state index contributed by atoms with van der Waals surface area (Å²) >= 11 is 7.13. The molecular formula is C22H17ClF3N3O4S. The Kier molecular flexibility index (Phi) is 7.79. The number of alkyl halides is 3. The minimum absolute atomic E-state index is 0.115. The number of anilines is 1. The van der Waals surface area contributed by atoms with Crippen LogP contribution >= 0.6 is 23.1 Å². The van der Waals surface area contributed by atoms with E-state index in [2.05, 4.69) is 15.0 Å². The third-order valence-electron chi connectivity index (χ3n) is 4.34. The number of aromatic nitrogens is 1. The van der Waals surface area contributed by atoms with Crippen molar-refractivity contribution in [3.8, 4) is 11.5 Å². The summed E-state index contributed by atoms with van der Waals surface area (Å²) in [6, 6.07) is 10.4. The number of hydrogen-bond acceptors (Lipinski definition) is 6. The van der Waals surface area contributed by atoms with E-state index < -0.39 is 30.2 Å². The predicted octanol–water partition coefficient (Wildman–Crippen LogP) is 5.57. The Hall–Kier alpha value is -3.57. The summed E-state index contributed by atoms with van der Waals surface area (Å²) in [6.07, 6.45) is -3.18. The normalized spacial score (nSPS) is 11.7. The number of benzene rings is 2. The largest absolute Gasteiger partial charge is 0.480 e. The molecule has 3 aromatic rings. The first-order valence-corrected chi connectivity index (χ1v) is 10.7. The van der Waals surface area contributed by atoms with Crippen molar-refractivity contribution in [3.05, 3.63) is 76.6 Å². The number of nitrogens with one attached hydrogen (secondary N) is 2. The van der Waals surface area contributed by atoms with Crippen LogP contribution < -0.4 is 15.4 Å². The highest BCUT2D eigenvalue weighted by Gasteiger charge is 2.30. The van der Waals surface area contributed by atoms with Gasteiger partial charge in [0.05, 0.1) is 21.9 Å². The molecule has 0 aliphatic heterocycles. The number of aliphatic carboxylic acids is 1. The summed E-state index contributed by atoms with van der Waals surface area (Å²) in [6.45, 7) is 1.28. The highest BCUT2D eigenvalue weighted by molar-refractivity contribution is 7.11. The second-order valence-corrected chi connectivity index (χ2v) is 8.00. The molecule has 0 bridgehead atoms. The van der Waals surface area contributed by atoms with Gasteiger partial charge in [0.15, 0.2) is 0 Å². The molecule has 0 aliphatic rings. The van der Waals surface area contributed by atoms with Crippen molar-refractivity contribution in [1.29, 1.82) is 0 Å². The standard InChI is InChI=1S/C22H17ClF3N3O4S/c1-12-19(23)21(34-29-12)28-20(32)17(10-27-11-18(30)31)13-2-6-15(7-3-13)33-16-8-4-14(5-9-16)22(24,25)26/h2-10,27H,11H2,1H3,(H,28,32)(H,30,31)/b17-10-. The molecule has 7 nitrogen and oxygen atoms in total. The van der Waals surface area contributed by atoms with Crippen LogP contribution in [0.2, 0.25) is 5.02 Å². The molecule has 0 atom stereocenters. The van der Waals surface area contributed by atoms with Crippen LogP contribution in [0.5, 0.6) is 11.5 Å². The van der Waals surface area contributed by atoms with Gasteiger partial charge < -0.3 is 20.5 Å². The topological polar surface area (TPSA) is 101 Å². The lowest BCUT2D eigenvalue weighted by Crippen LogP contribution is -2.20. The minimum Gasteiger partial charge on any atom is -0.480 e. The highest BCUT2D eigenvalue weighted by Crippen LogP contribution is 2.32. The van der Waals surface area contributed by atoms with Gasteiger partial charge in [-0.15, -0.1) is 0 Å². The Morgan fingerprint density at radius 2 is 1.71 bits per heavy atom. The van der Waals surface area contributed by atoms with Gasteiger partial charge in [0, 0.05) is 6.20 Å². The van der Waals surface area contributed by atoms with Crippen molar-refractivity contribution in [1.82, 2.24) is 9.69 Å². The van der Waals surface area contributed by atoms with Crippen LogP contribution in [0.4, 0.5) is 18.2 Å². The quantitative estimate of drug-likeness (QED) is 0.342. The zero-order chi connectivity index (χ0) is 24.9. The predicted molar refractivity (Wildman–Crippen MR) is 122 cm³/mol. The zero-order valence-corrected chi connectivity index (χ0v) is 19.0. The molecule has 0 saturated heterocycles. The Balaban J connectivity index is 1.78. The number of carboxylic acid groups (broad SMARTS) is 1. The van der Waals surface area contributed by atoms with Crippen LogP contribution in [0.3, 0.4) is 0 Å². The average Bonchev–Trinajstić information content (AvgIpc) is 3.09. The number of rotatable bonds is 8. The second-order valence-electron chi connectivity index (χ2n) is 6.85. The summed E-state index contributed by atoms with van der Waals surface area (Å²) in [4.78, 5) is 23.7. The Labute approximate surface area is 201 Å². The van der Waals surface area contributed by atoms with E-state index >= 15 is 0 Å². The lowest BCUT2D eigenvalue weighted by Gasteiger charge is -2.11. The molecule has 1 amide bonds. The fraction of sp³-hybridized carbons (Fsp3) is 0.136. The molecule has 0 aliphatic carbocycles. The first-order valence-electron chi connectivity index (χ1n) is 9.58. The van der Waals surface area contributed by atoms with Gasteiger partial charge in [0.1, 0.15) is 23.0 Å². The second kappa shape index (κ2) is 10.6. The molecule has 0 saturated carbocycles. The number of ether oxygens (including phenoxy) is 1. The molecule has 178 valence electrons. The first kappa shape index (κ1) is 25.1. The number of carboxylic acids is 1. The first-order chi connectivity index (χ1) is 16.0. The molecule has 0 radical (unpaired) electrons. The van der Waals surface area contributed by atoms with Crippen molar-refractivity contribution >= 4 is 45.6 Å². The van der Waals surface area contributed by atoms with Gasteiger partial charge in [-0.3, -0.25) is 9.59 Å². The Morgan fingerprint density at radius 1 is 1.12 bits per heavy atom. The molecule has 12 heteroatoms. The molecule has 3 N–H and O–H groups in total. The van der Waals surface area contributed by atoms with Gasteiger partial charge in [-0.1, -0.05) is 23.7 Å². The summed E-state index contributed by atoms with van der Waals surface area (Å²) in [7, 11) is 0. The fourth-order valence-electron chi connectivity index (χ4n) is 2.68. The molecule has 0 fully saturated rings. The van der Waals surface area contributed by atoms with E-state index in [9.17, 15) is 22.8 Å². The summed E-state index contributed by atoms with van der Waals surface area (Å²) in [5, 5.41) is 14.7. The lowest BCUT2D eigenvalue weighted by atomic mass is 10.1. The minimum atomic E-state index is -4.44. The van der Waals surface area contributed by atoms with Crippen LogP contribution in [0.25, 0.3) is 5.57 Å². The lowest BCUT2D eigenvalue weighted by molar-refractivity contribution is -0.138. The van der Waals surface area contributed by atoms with Crippen LogP contribution in [0, 0.1) is 6.92 Å². The van der Waals surface area contributed by atoms with Crippen molar-refractivity contribution < 1.29 is 32.6 Å².